The lowest BCUT2D eigenvalue weighted by atomic mass is 10.2. The molecule has 2 aromatic rings. The number of anilines is 3. The van der Waals surface area contributed by atoms with Gasteiger partial charge in [-0.1, -0.05) is 6.07 Å². The minimum Gasteiger partial charge on any atom is -0.396 e. The van der Waals surface area contributed by atoms with E-state index in [-0.39, 0.29) is 11.5 Å². The minimum atomic E-state index is -0.295. The molecule has 3 N–H and O–H groups in total. The van der Waals surface area contributed by atoms with Gasteiger partial charge in [0, 0.05) is 11.3 Å². The van der Waals surface area contributed by atoms with E-state index in [1.54, 1.807) is 31.2 Å². The van der Waals surface area contributed by atoms with E-state index in [1.165, 1.54) is 6.07 Å². The van der Waals surface area contributed by atoms with E-state index < -0.39 is 0 Å². The zero-order valence-electron chi connectivity index (χ0n) is 9.74. The number of nitriles is 1. The molecule has 0 atom stereocenters. The first-order valence-corrected chi connectivity index (χ1v) is 5.30. The summed E-state index contributed by atoms with van der Waals surface area (Å²) >= 11 is 0. The van der Waals surface area contributed by atoms with Crippen LogP contribution in [0.15, 0.2) is 30.3 Å². The van der Waals surface area contributed by atoms with Crippen molar-refractivity contribution in [1.82, 2.24) is 4.98 Å². The Bertz CT molecular complexity index is 631. The van der Waals surface area contributed by atoms with E-state index in [9.17, 15) is 4.39 Å². The van der Waals surface area contributed by atoms with Crippen molar-refractivity contribution in [3.8, 4) is 6.07 Å². The largest absolute Gasteiger partial charge is 0.396 e. The van der Waals surface area contributed by atoms with E-state index in [0.29, 0.717) is 22.8 Å². The van der Waals surface area contributed by atoms with E-state index in [0.717, 1.165) is 0 Å². The van der Waals surface area contributed by atoms with Crippen molar-refractivity contribution in [2.45, 2.75) is 6.92 Å². The maximum atomic E-state index is 13.4. The molecule has 0 aliphatic heterocycles. The average molecular weight is 242 g/mol. The van der Waals surface area contributed by atoms with Crippen LogP contribution in [0, 0.1) is 24.1 Å². The smallest absolute Gasteiger partial charge is 0.165 e. The van der Waals surface area contributed by atoms with Crippen LogP contribution in [0.1, 0.15) is 11.3 Å². The number of pyridine rings is 1. The van der Waals surface area contributed by atoms with Crippen molar-refractivity contribution in [2.24, 2.45) is 0 Å². The topological polar surface area (TPSA) is 74.7 Å². The van der Waals surface area contributed by atoms with Gasteiger partial charge >= 0.3 is 0 Å². The molecule has 0 saturated carbocycles. The molecule has 0 fully saturated rings. The number of nitrogen functional groups attached to an aromatic ring is 1. The Morgan fingerprint density at radius 1 is 1.33 bits per heavy atom. The number of benzene rings is 1. The molecule has 1 heterocycles. The second kappa shape index (κ2) is 4.72. The van der Waals surface area contributed by atoms with E-state index in [1.807, 2.05) is 6.07 Å². The molecule has 1 aromatic carbocycles. The van der Waals surface area contributed by atoms with Crippen molar-refractivity contribution in [3.05, 3.63) is 47.4 Å². The molecule has 0 saturated heterocycles. The van der Waals surface area contributed by atoms with Gasteiger partial charge in [-0.15, -0.1) is 0 Å². The number of rotatable bonds is 2. The third-order valence-corrected chi connectivity index (χ3v) is 2.56. The number of nitrogens with zero attached hydrogens (tertiary/aromatic N) is 2. The molecule has 4 nitrogen and oxygen atoms in total. The van der Waals surface area contributed by atoms with Crippen LogP contribution in [-0.4, -0.2) is 4.98 Å². The van der Waals surface area contributed by atoms with Crippen LogP contribution in [0.2, 0.25) is 0 Å². The van der Waals surface area contributed by atoms with Crippen LogP contribution in [0.4, 0.5) is 21.6 Å². The van der Waals surface area contributed by atoms with E-state index >= 15 is 0 Å². The van der Waals surface area contributed by atoms with Crippen molar-refractivity contribution in [1.29, 1.82) is 5.26 Å². The second-order valence-electron chi connectivity index (χ2n) is 3.78. The van der Waals surface area contributed by atoms with Gasteiger partial charge in [-0.05, 0) is 31.2 Å². The third kappa shape index (κ3) is 2.23. The van der Waals surface area contributed by atoms with Gasteiger partial charge in [-0.3, -0.25) is 0 Å². The molecule has 18 heavy (non-hydrogen) atoms. The fraction of sp³-hybridized carbons (Fsp3) is 0.0769. The lowest BCUT2D eigenvalue weighted by Crippen LogP contribution is -2.00. The highest BCUT2D eigenvalue weighted by Gasteiger charge is 2.06. The first-order chi connectivity index (χ1) is 8.61. The molecule has 0 aliphatic rings. The Hall–Kier alpha value is -2.61. The van der Waals surface area contributed by atoms with E-state index in [4.69, 9.17) is 11.0 Å². The standard InChI is InChI=1S/C13H11FN4/c1-8-9(14)3-2-4-11(8)17-13-6-5-10(16)12(7-15)18-13/h2-6H,16H2,1H3,(H,17,18). The molecule has 2 rings (SSSR count). The summed E-state index contributed by atoms with van der Waals surface area (Å²) in [7, 11) is 0. The third-order valence-electron chi connectivity index (χ3n) is 2.56. The lowest BCUT2D eigenvalue weighted by Gasteiger charge is -2.09. The Morgan fingerprint density at radius 2 is 2.11 bits per heavy atom. The van der Waals surface area contributed by atoms with Crippen molar-refractivity contribution < 1.29 is 4.39 Å². The van der Waals surface area contributed by atoms with Gasteiger partial charge in [-0.2, -0.15) is 5.26 Å². The molecule has 0 radical (unpaired) electrons. The first kappa shape index (κ1) is 11.9. The molecule has 0 bridgehead atoms. The highest BCUT2D eigenvalue weighted by molar-refractivity contribution is 5.63. The number of aromatic nitrogens is 1. The maximum absolute atomic E-state index is 13.4. The molecule has 1 aromatic heterocycles. The Kier molecular flexibility index (Phi) is 3.11. The van der Waals surface area contributed by atoms with Gasteiger partial charge in [0.1, 0.15) is 17.7 Å². The summed E-state index contributed by atoms with van der Waals surface area (Å²) in [5.74, 6) is 0.158. The summed E-state index contributed by atoms with van der Waals surface area (Å²) in [4.78, 5) is 4.04. The zero-order chi connectivity index (χ0) is 13.1. The Morgan fingerprint density at radius 3 is 2.83 bits per heavy atom. The molecule has 0 unspecified atom stereocenters. The van der Waals surface area contributed by atoms with Gasteiger partial charge in [0.25, 0.3) is 0 Å². The highest BCUT2D eigenvalue weighted by atomic mass is 19.1. The second-order valence-corrected chi connectivity index (χ2v) is 3.78. The summed E-state index contributed by atoms with van der Waals surface area (Å²) in [6.07, 6.45) is 0. The Labute approximate surface area is 104 Å². The monoisotopic (exact) mass is 242 g/mol. The quantitative estimate of drug-likeness (QED) is 0.849. The van der Waals surface area contributed by atoms with E-state index in [2.05, 4.69) is 10.3 Å². The number of nitrogens with one attached hydrogen (secondary N) is 1. The number of hydrogen-bond acceptors (Lipinski definition) is 4. The normalized spacial score (nSPS) is 9.83. The SMILES string of the molecule is Cc1c(F)cccc1Nc1ccc(N)c(C#N)n1. The Balaban J connectivity index is 2.35. The van der Waals surface area contributed by atoms with Crippen LogP contribution in [0.5, 0.6) is 0 Å². The molecule has 0 aliphatic carbocycles. The number of halogens is 1. The fourth-order valence-corrected chi connectivity index (χ4v) is 1.51. The van der Waals surface area contributed by atoms with Gasteiger partial charge in [-0.25, -0.2) is 9.37 Å². The van der Waals surface area contributed by atoms with Crippen LogP contribution < -0.4 is 11.1 Å². The first-order valence-electron chi connectivity index (χ1n) is 5.30. The van der Waals surface area contributed by atoms with Crippen LogP contribution in [0.3, 0.4) is 0 Å². The molecule has 5 heteroatoms. The average Bonchev–Trinajstić information content (AvgIpc) is 2.37. The molecular weight excluding hydrogens is 231 g/mol. The van der Waals surface area contributed by atoms with Gasteiger partial charge in [0.05, 0.1) is 5.69 Å². The number of nitrogens with two attached hydrogens (primary N) is 1. The summed E-state index contributed by atoms with van der Waals surface area (Å²) in [5, 5.41) is 11.8. The number of hydrogen-bond donors (Lipinski definition) is 2. The highest BCUT2D eigenvalue weighted by Crippen LogP contribution is 2.22. The van der Waals surface area contributed by atoms with Crippen molar-refractivity contribution in [2.75, 3.05) is 11.1 Å². The molecule has 0 spiro atoms. The van der Waals surface area contributed by atoms with Gasteiger partial charge in [0.2, 0.25) is 0 Å². The van der Waals surface area contributed by atoms with Crippen LogP contribution >= 0.6 is 0 Å². The predicted molar refractivity (Wildman–Crippen MR) is 67.8 cm³/mol. The van der Waals surface area contributed by atoms with Crippen LogP contribution in [0.25, 0.3) is 0 Å². The summed E-state index contributed by atoms with van der Waals surface area (Å²) in [6, 6.07) is 9.85. The summed E-state index contributed by atoms with van der Waals surface area (Å²) < 4.78 is 13.4. The minimum absolute atomic E-state index is 0.147. The van der Waals surface area contributed by atoms with Gasteiger partial charge < -0.3 is 11.1 Å². The summed E-state index contributed by atoms with van der Waals surface area (Å²) in [6.45, 7) is 1.67. The fourth-order valence-electron chi connectivity index (χ4n) is 1.51. The van der Waals surface area contributed by atoms with Gasteiger partial charge in [0.15, 0.2) is 5.69 Å². The predicted octanol–water partition coefficient (Wildman–Crippen LogP) is 2.73. The summed E-state index contributed by atoms with van der Waals surface area (Å²) in [5.41, 5.74) is 7.14. The molecule has 0 amide bonds. The lowest BCUT2D eigenvalue weighted by molar-refractivity contribution is 0.619. The van der Waals surface area contributed by atoms with Crippen molar-refractivity contribution >= 4 is 17.2 Å². The maximum Gasteiger partial charge on any atom is 0.165 e. The van der Waals surface area contributed by atoms with Crippen molar-refractivity contribution in [3.63, 3.8) is 0 Å². The zero-order valence-corrected chi connectivity index (χ0v) is 9.74. The molecule has 90 valence electrons. The molecular formula is C13H11FN4. The van der Waals surface area contributed by atoms with Crippen LogP contribution in [-0.2, 0) is 0 Å².